The van der Waals surface area contributed by atoms with Crippen molar-refractivity contribution < 1.29 is 14.5 Å². The maximum absolute atomic E-state index is 4.26. The van der Waals surface area contributed by atoms with Gasteiger partial charge < -0.3 is 0 Å². The van der Waals surface area contributed by atoms with Crippen LogP contribution in [-0.2, 0) is 14.5 Å². The molecule has 0 amide bonds. The monoisotopic (exact) mass is 340 g/mol. The van der Waals surface area contributed by atoms with Gasteiger partial charge in [0, 0.05) is 0 Å². The Bertz CT molecular complexity index is 132. The minimum absolute atomic E-state index is 1.37. The zero-order chi connectivity index (χ0) is 13.0. The summed E-state index contributed by atoms with van der Waals surface area (Å²) in [6.07, 6.45) is 12.9. The average molecular weight is 341 g/mol. The van der Waals surface area contributed by atoms with Gasteiger partial charge in [-0.15, -0.1) is 0 Å². The summed E-state index contributed by atoms with van der Waals surface area (Å²) in [5.74, 6) is 0. The molecule has 0 spiro atoms. The van der Waals surface area contributed by atoms with Crippen LogP contribution < -0.4 is 0 Å². The van der Waals surface area contributed by atoms with Crippen molar-refractivity contribution in [3.05, 3.63) is 0 Å². The molecule has 0 unspecified atom stereocenters. The van der Waals surface area contributed by atoms with Crippen molar-refractivity contribution in [3.63, 3.8) is 0 Å². The Morgan fingerprint density at radius 2 is 0.882 bits per heavy atom. The van der Waals surface area contributed by atoms with E-state index < -0.39 is 14.5 Å². The zero-order valence-corrected chi connectivity index (χ0v) is 15.5. The van der Waals surface area contributed by atoms with Gasteiger partial charge in [-0.3, -0.25) is 0 Å². The molecule has 0 aromatic carbocycles. The van der Waals surface area contributed by atoms with Crippen molar-refractivity contribution >= 4 is 13.2 Å². The number of halogens is 1. The molecule has 0 radical (unpaired) electrons. The van der Waals surface area contributed by atoms with Crippen LogP contribution in [0, 0.1) is 0 Å². The van der Waals surface area contributed by atoms with E-state index in [0.29, 0.717) is 0 Å². The Morgan fingerprint density at radius 3 is 1.12 bits per heavy atom. The third kappa shape index (κ3) is 10.8. The summed E-state index contributed by atoms with van der Waals surface area (Å²) in [4.78, 5) is 0. The minimum atomic E-state index is -1.58. The van der Waals surface area contributed by atoms with Crippen molar-refractivity contribution in [1.82, 2.24) is 0 Å². The van der Waals surface area contributed by atoms with Gasteiger partial charge in [-0.1, -0.05) is 0 Å². The molecule has 0 aromatic heterocycles. The first-order chi connectivity index (χ1) is 8.18. The van der Waals surface area contributed by atoms with E-state index in [0.717, 1.165) is 0 Å². The van der Waals surface area contributed by atoms with Gasteiger partial charge in [-0.25, -0.2) is 0 Å². The normalized spacial score (nSPS) is 12.0. The van der Waals surface area contributed by atoms with Gasteiger partial charge in [0.25, 0.3) is 0 Å². The maximum atomic E-state index is 4.26. The van der Waals surface area contributed by atoms with Gasteiger partial charge >= 0.3 is 120 Å². The molecule has 0 saturated heterocycles. The molecule has 17 heavy (non-hydrogen) atoms. The Balaban J connectivity index is 3.95. The first-order valence-electron chi connectivity index (χ1n) is 7.87. The second-order valence-corrected chi connectivity index (χ2v) is 18.4. The molecule has 0 aliphatic rings. The van der Waals surface area contributed by atoms with Crippen LogP contribution in [0.25, 0.3) is 0 Å². The predicted molar refractivity (Wildman–Crippen MR) is 81.9 cm³/mol. The standard InChI is InChI=1S/3C5H11.BrH.Ti/c3*1-3-5-4-2;;/h3*1,3-5H2,2H3;1H;/q;;;;+1/p-1. The fourth-order valence-corrected chi connectivity index (χ4v) is 11.2. The number of hydrogen-bond donors (Lipinski definition) is 0. The van der Waals surface area contributed by atoms with E-state index in [1.807, 2.05) is 0 Å². The van der Waals surface area contributed by atoms with Crippen LogP contribution in [0.2, 0.25) is 14.2 Å². The summed E-state index contributed by atoms with van der Waals surface area (Å²) in [6.45, 7) is 6.95. The van der Waals surface area contributed by atoms with Crippen molar-refractivity contribution in [2.45, 2.75) is 92.7 Å². The van der Waals surface area contributed by atoms with Crippen LogP contribution in [0.15, 0.2) is 0 Å². The van der Waals surface area contributed by atoms with E-state index in [9.17, 15) is 0 Å². The van der Waals surface area contributed by atoms with Crippen molar-refractivity contribution in [2.75, 3.05) is 0 Å². The molecule has 0 fully saturated rings. The second-order valence-electron chi connectivity index (χ2n) is 5.52. The van der Waals surface area contributed by atoms with Crippen LogP contribution in [0.3, 0.4) is 0 Å². The molecule has 0 heterocycles. The topological polar surface area (TPSA) is 0 Å². The van der Waals surface area contributed by atoms with Gasteiger partial charge in [-0.2, -0.15) is 0 Å². The quantitative estimate of drug-likeness (QED) is 0.258. The Morgan fingerprint density at radius 1 is 0.588 bits per heavy atom. The molecule has 2 heteroatoms. The summed E-state index contributed by atoms with van der Waals surface area (Å²) in [5, 5.41) is 0. The molecule has 104 valence electrons. The first-order valence-corrected chi connectivity index (χ1v) is 15.0. The van der Waals surface area contributed by atoms with Crippen molar-refractivity contribution in [2.24, 2.45) is 0 Å². The molecule has 0 bridgehead atoms. The van der Waals surface area contributed by atoms with Gasteiger partial charge in [0.1, 0.15) is 0 Å². The number of rotatable bonds is 12. The van der Waals surface area contributed by atoms with Crippen LogP contribution >= 0.6 is 13.2 Å². The number of unbranched alkanes of at least 4 members (excludes halogenated alkanes) is 6. The van der Waals surface area contributed by atoms with E-state index in [2.05, 4.69) is 33.9 Å². The van der Waals surface area contributed by atoms with E-state index in [1.165, 1.54) is 57.8 Å². The summed E-state index contributed by atoms with van der Waals surface area (Å²) in [5.41, 5.74) is 0. The van der Waals surface area contributed by atoms with Crippen molar-refractivity contribution in [1.29, 1.82) is 0 Å². The molecule has 0 aliphatic heterocycles. The van der Waals surface area contributed by atoms with Gasteiger partial charge in [0.15, 0.2) is 0 Å². The predicted octanol–water partition coefficient (Wildman–Crippen LogP) is 7.28. The van der Waals surface area contributed by atoms with E-state index in [4.69, 9.17) is 0 Å². The molecule has 0 aromatic rings. The van der Waals surface area contributed by atoms with E-state index >= 15 is 0 Å². The molecule has 0 nitrogen and oxygen atoms in total. The molecule has 0 rings (SSSR count). The van der Waals surface area contributed by atoms with Gasteiger partial charge in [0.2, 0.25) is 0 Å². The van der Waals surface area contributed by atoms with Gasteiger partial charge in [0.05, 0.1) is 0 Å². The number of hydrogen-bond acceptors (Lipinski definition) is 0. The molecular formula is C15H33BrTi. The molecular weight excluding hydrogens is 308 g/mol. The third-order valence-corrected chi connectivity index (χ3v) is 14.4. The second kappa shape index (κ2) is 12.2. The summed E-state index contributed by atoms with van der Waals surface area (Å²) in [7, 11) is 0. The Kier molecular flexibility index (Phi) is 13.1. The Labute approximate surface area is 120 Å². The summed E-state index contributed by atoms with van der Waals surface area (Å²) in [6, 6.07) is 0. The SMILES string of the molecule is CCCC[CH2][Ti]([Br])([CH2]CCCC)[CH2]CCCC. The van der Waals surface area contributed by atoms with E-state index in [-0.39, 0.29) is 0 Å². The van der Waals surface area contributed by atoms with Crippen LogP contribution in [-0.4, -0.2) is 0 Å². The van der Waals surface area contributed by atoms with Gasteiger partial charge in [-0.05, 0) is 0 Å². The molecule has 0 saturated carbocycles. The zero-order valence-electron chi connectivity index (χ0n) is 12.4. The molecule has 0 atom stereocenters. The Hall–Kier alpha value is 1.19. The fourth-order valence-electron chi connectivity index (χ4n) is 2.45. The molecule has 0 N–H and O–H groups in total. The average Bonchev–Trinajstić information content (AvgIpc) is 2.30. The third-order valence-electron chi connectivity index (χ3n) is 3.69. The van der Waals surface area contributed by atoms with Crippen LogP contribution in [0.1, 0.15) is 78.6 Å². The molecule has 0 aliphatic carbocycles. The van der Waals surface area contributed by atoms with Crippen LogP contribution in [0.4, 0.5) is 0 Å². The summed E-state index contributed by atoms with van der Waals surface area (Å²) >= 11 is 2.69. The van der Waals surface area contributed by atoms with Crippen molar-refractivity contribution in [3.8, 4) is 0 Å². The summed E-state index contributed by atoms with van der Waals surface area (Å²) < 4.78 is 4.71. The van der Waals surface area contributed by atoms with Crippen LogP contribution in [0.5, 0.6) is 0 Å². The fraction of sp³-hybridized carbons (Fsp3) is 1.00. The van der Waals surface area contributed by atoms with E-state index in [1.54, 1.807) is 14.2 Å². The first kappa shape index (κ1) is 18.2.